The molecule has 2 saturated heterocycles. The molecule has 3 aliphatic rings. The Hall–Kier alpha value is -0.160. The van der Waals surface area contributed by atoms with Crippen molar-refractivity contribution in [1.82, 2.24) is 4.90 Å². The highest BCUT2D eigenvalue weighted by molar-refractivity contribution is 4.98. The van der Waals surface area contributed by atoms with Crippen LogP contribution < -0.4 is 0 Å². The molecule has 0 amide bonds. The van der Waals surface area contributed by atoms with E-state index < -0.39 is 0 Å². The zero-order chi connectivity index (χ0) is 12.6. The van der Waals surface area contributed by atoms with Gasteiger partial charge in [0, 0.05) is 31.3 Å². The first-order valence-electron chi connectivity index (χ1n) is 7.44. The standard InChI is InChI=1S/C14H25NO3/c1-2-6-15-7-4-13(16)11-10-14(5-3-12(11)15)17-8-9-18-14/h11-13,16H,2-10H2,1H3. The van der Waals surface area contributed by atoms with E-state index >= 15 is 0 Å². The molecule has 1 spiro atoms. The van der Waals surface area contributed by atoms with E-state index in [1.54, 1.807) is 0 Å². The van der Waals surface area contributed by atoms with Crippen molar-refractivity contribution < 1.29 is 14.6 Å². The maximum Gasteiger partial charge on any atom is 0.168 e. The molecular formula is C14H25NO3. The highest BCUT2D eigenvalue weighted by Gasteiger charge is 2.49. The second-order valence-corrected chi connectivity index (χ2v) is 5.97. The lowest BCUT2D eigenvalue weighted by atomic mass is 9.74. The number of hydrogen-bond donors (Lipinski definition) is 1. The van der Waals surface area contributed by atoms with Crippen molar-refractivity contribution in [3.8, 4) is 0 Å². The van der Waals surface area contributed by atoms with Crippen LogP contribution in [0.2, 0.25) is 0 Å². The third-order valence-corrected chi connectivity index (χ3v) is 4.86. The minimum atomic E-state index is -0.364. The minimum Gasteiger partial charge on any atom is -0.393 e. The quantitative estimate of drug-likeness (QED) is 0.809. The monoisotopic (exact) mass is 255 g/mol. The molecule has 3 rings (SSSR count). The van der Waals surface area contributed by atoms with Gasteiger partial charge in [-0.05, 0) is 25.8 Å². The van der Waals surface area contributed by atoms with Crippen molar-refractivity contribution in [2.45, 2.75) is 57.0 Å². The van der Waals surface area contributed by atoms with Gasteiger partial charge in [-0.1, -0.05) is 6.92 Å². The maximum atomic E-state index is 10.3. The lowest BCUT2D eigenvalue weighted by Gasteiger charge is -2.50. The molecule has 0 bridgehead atoms. The highest BCUT2D eigenvalue weighted by Crippen LogP contribution is 2.44. The van der Waals surface area contributed by atoms with Crippen molar-refractivity contribution in [1.29, 1.82) is 0 Å². The van der Waals surface area contributed by atoms with Gasteiger partial charge in [-0.25, -0.2) is 0 Å². The van der Waals surface area contributed by atoms with Gasteiger partial charge in [0.1, 0.15) is 0 Å². The lowest BCUT2D eigenvalue weighted by molar-refractivity contribution is -0.212. The highest BCUT2D eigenvalue weighted by atomic mass is 16.7. The van der Waals surface area contributed by atoms with E-state index in [9.17, 15) is 5.11 Å². The summed E-state index contributed by atoms with van der Waals surface area (Å²) in [5, 5.41) is 10.3. The first-order valence-corrected chi connectivity index (χ1v) is 7.44. The van der Waals surface area contributed by atoms with Crippen LogP contribution in [0.5, 0.6) is 0 Å². The lowest BCUT2D eigenvalue weighted by Crippen LogP contribution is -2.57. The molecule has 0 aromatic carbocycles. The van der Waals surface area contributed by atoms with Crippen LogP contribution in [0.25, 0.3) is 0 Å². The van der Waals surface area contributed by atoms with Crippen molar-refractivity contribution >= 4 is 0 Å². The van der Waals surface area contributed by atoms with Crippen molar-refractivity contribution in [3.05, 3.63) is 0 Å². The van der Waals surface area contributed by atoms with E-state index in [-0.39, 0.29) is 11.9 Å². The summed E-state index contributed by atoms with van der Waals surface area (Å²) in [6.07, 6.45) is 4.88. The van der Waals surface area contributed by atoms with Crippen LogP contribution in [0.4, 0.5) is 0 Å². The molecule has 2 aliphatic heterocycles. The van der Waals surface area contributed by atoms with Gasteiger partial charge in [0.05, 0.1) is 19.3 Å². The first-order chi connectivity index (χ1) is 8.74. The van der Waals surface area contributed by atoms with E-state index in [0.29, 0.717) is 25.2 Å². The average molecular weight is 255 g/mol. The Balaban J connectivity index is 1.72. The Labute approximate surface area is 109 Å². The third kappa shape index (κ3) is 2.20. The molecule has 1 aliphatic carbocycles. The fourth-order valence-electron chi connectivity index (χ4n) is 4.03. The summed E-state index contributed by atoms with van der Waals surface area (Å²) >= 11 is 0. The van der Waals surface area contributed by atoms with Crippen LogP contribution in [0, 0.1) is 5.92 Å². The molecule has 3 atom stereocenters. The maximum absolute atomic E-state index is 10.3. The first kappa shape index (κ1) is 12.9. The molecule has 0 aromatic rings. The van der Waals surface area contributed by atoms with Gasteiger partial charge in [-0.15, -0.1) is 0 Å². The summed E-state index contributed by atoms with van der Waals surface area (Å²) < 4.78 is 11.6. The number of rotatable bonds is 2. The third-order valence-electron chi connectivity index (χ3n) is 4.86. The molecule has 4 heteroatoms. The predicted octanol–water partition coefficient (Wildman–Crippen LogP) is 1.37. The van der Waals surface area contributed by atoms with E-state index in [4.69, 9.17) is 9.47 Å². The molecule has 0 aromatic heterocycles. The molecule has 18 heavy (non-hydrogen) atoms. The van der Waals surface area contributed by atoms with E-state index in [1.807, 2.05) is 0 Å². The van der Waals surface area contributed by atoms with Gasteiger partial charge in [0.15, 0.2) is 5.79 Å². The van der Waals surface area contributed by atoms with Crippen LogP contribution in [-0.2, 0) is 9.47 Å². The number of hydrogen-bond acceptors (Lipinski definition) is 4. The van der Waals surface area contributed by atoms with Crippen LogP contribution in [0.1, 0.15) is 39.0 Å². The number of fused-ring (bicyclic) bond motifs is 1. The number of nitrogens with zero attached hydrogens (tertiary/aromatic N) is 1. The molecule has 3 fully saturated rings. The second kappa shape index (κ2) is 5.08. The van der Waals surface area contributed by atoms with Crippen molar-refractivity contribution in [2.75, 3.05) is 26.3 Å². The fourth-order valence-corrected chi connectivity index (χ4v) is 4.03. The normalized spacial score (nSPS) is 40.0. The zero-order valence-electron chi connectivity index (χ0n) is 11.3. The number of aliphatic hydroxyl groups is 1. The molecule has 2 heterocycles. The molecular weight excluding hydrogens is 230 g/mol. The SMILES string of the molecule is CCCN1CCC(O)C2CC3(CCC21)OCCO3. The Morgan fingerprint density at radius 3 is 2.78 bits per heavy atom. The molecule has 1 N–H and O–H groups in total. The van der Waals surface area contributed by atoms with Gasteiger partial charge >= 0.3 is 0 Å². The Morgan fingerprint density at radius 2 is 2.06 bits per heavy atom. The van der Waals surface area contributed by atoms with Gasteiger partial charge < -0.3 is 14.6 Å². The van der Waals surface area contributed by atoms with E-state index in [2.05, 4.69) is 11.8 Å². The molecule has 4 nitrogen and oxygen atoms in total. The van der Waals surface area contributed by atoms with Crippen LogP contribution in [0.3, 0.4) is 0 Å². The second-order valence-electron chi connectivity index (χ2n) is 5.97. The summed E-state index contributed by atoms with van der Waals surface area (Å²) in [6.45, 7) is 5.86. The van der Waals surface area contributed by atoms with Gasteiger partial charge in [0.2, 0.25) is 0 Å². The number of piperidine rings is 1. The molecule has 3 unspecified atom stereocenters. The van der Waals surface area contributed by atoms with E-state index in [1.165, 1.54) is 6.42 Å². The van der Waals surface area contributed by atoms with E-state index in [0.717, 1.165) is 38.8 Å². The van der Waals surface area contributed by atoms with Gasteiger partial charge in [-0.2, -0.15) is 0 Å². The summed E-state index contributed by atoms with van der Waals surface area (Å²) in [4.78, 5) is 2.57. The topological polar surface area (TPSA) is 41.9 Å². The minimum absolute atomic E-state index is 0.173. The molecule has 104 valence electrons. The smallest absolute Gasteiger partial charge is 0.168 e. The average Bonchev–Trinajstić information content (AvgIpc) is 2.82. The van der Waals surface area contributed by atoms with Gasteiger partial charge in [0.25, 0.3) is 0 Å². The predicted molar refractivity (Wildman–Crippen MR) is 68.3 cm³/mol. The summed E-state index contributed by atoms with van der Waals surface area (Å²) in [6, 6.07) is 0.534. The number of ether oxygens (including phenoxy) is 2. The summed E-state index contributed by atoms with van der Waals surface area (Å²) in [5.41, 5.74) is 0. The van der Waals surface area contributed by atoms with Crippen molar-refractivity contribution in [3.63, 3.8) is 0 Å². The van der Waals surface area contributed by atoms with Crippen LogP contribution in [0.15, 0.2) is 0 Å². The molecule has 0 radical (unpaired) electrons. The fraction of sp³-hybridized carbons (Fsp3) is 1.00. The molecule has 1 saturated carbocycles. The Morgan fingerprint density at radius 1 is 1.28 bits per heavy atom. The van der Waals surface area contributed by atoms with Crippen LogP contribution >= 0.6 is 0 Å². The van der Waals surface area contributed by atoms with Gasteiger partial charge in [-0.3, -0.25) is 4.90 Å². The summed E-state index contributed by atoms with van der Waals surface area (Å²) in [7, 11) is 0. The summed E-state index contributed by atoms with van der Waals surface area (Å²) in [5.74, 6) is -0.0330. The largest absolute Gasteiger partial charge is 0.393 e. The number of likely N-dealkylation sites (tertiary alicyclic amines) is 1. The Kier molecular flexibility index (Phi) is 3.63. The Bertz CT molecular complexity index is 291. The van der Waals surface area contributed by atoms with Crippen molar-refractivity contribution in [2.24, 2.45) is 5.92 Å². The number of aliphatic hydroxyl groups excluding tert-OH is 1. The van der Waals surface area contributed by atoms with Crippen LogP contribution in [-0.4, -0.2) is 54.2 Å². The zero-order valence-corrected chi connectivity index (χ0v) is 11.3.